The van der Waals surface area contributed by atoms with E-state index >= 15 is 0 Å². The molecule has 2 saturated heterocycles. The molecule has 0 radical (unpaired) electrons. The molecule has 2 fully saturated rings. The number of nitrogens with zero attached hydrogens (tertiary/aromatic N) is 3. The van der Waals surface area contributed by atoms with Gasteiger partial charge in [0.25, 0.3) is 0 Å². The van der Waals surface area contributed by atoms with Gasteiger partial charge in [0.15, 0.2) is 0 Å². The van der Waals surface area contributed by atoms with E-state index in [1.54, 1.807) is 0 Å². The number of likely N-dealkylation sites (tertiary alicyclic amines) is 1. The second-order valence-electron chi connectivity index (χ2n) is 6.69. The van der Waals surface area contributed by atoms with Gasteiger partial charge in [-0.15, -0.1) is 12.4 Å². The molecule has 1 unspecified atom stereocenters. The van der Waals surface area contributed by atoms with E-state index in [0.29, 0.717) is 5.41 Å². The first kappa shape index (κ1) is 16.5. The van der Waals surface area contributed by atoms with E-state index in [9.17, 15) is 0 Å². The van der Waals surface area contributed by atoms with Crippen LogP contribution in [0.1, 0.15) is 31.7 Å². The molecule has 0 bridgehead atoms. The highest BCUT2D eigenvalue weighted by Gasteiger charge is 2.32. The summed E-state index contributed by atoms with van der Waals surface area (Å²) in [5.74, 6) is 1.14. The van der Waals surface area contributed by atoms with Gasteiger partial charge in [0, 0.05) is 32.4 Å². The third kappa shape index (κ3) is 3.87. The average Bonchev–Trinajstić information content (AvgIpc) is 3.11. The van der Waals surface area contributed by atoms with Crippen molar-refractivity contribution < 1.29 is 0 Å². The third-order valence-electron chi connectivity index (χ3n) is 4.78. The second kappa shape index (κ2) is 6.95. The van der Waals surface area contributed by atoms with Crippen LogP contribution in [0.25, 0.3) is 0 Å². The highest BCUT2D eigenvalue weighted by atomic mass is 35.5. The summed E-state index contributed by atoms with van der Waals surface area (Å²) in [7, 11) is 0. The maximum Gasteiger partial charge on any atom is 0.128 e. The third-order valence-corrected chi connectivity index (χ3v) is 4.78. The molecule has 5 heteroatoms. The molecule has 3 heterocycles. The number of aromatic nitrogens is 1. The Balaban J connectivity index is 0.00000161. The van der Waals surface area contributed by atoms with Gasteiger partial charge < -0.3 is 10.6 Å². The molecule has 0 spiro atoms. The van der Waals surface area contributed by atoms with E-state index in [1.807, 2.05) is 6.20 Å². The topological polar surface area (TPSA) is 45.4 Å². The quantitative estimate of drug-likeness (QED) is 0.926. The van der Waals surface area contributed by atoms with Crippen LogP contribution in [0, 0.1) is 5.41 Å². The van der Waals surface area contributed by atoms with Gasteiger partial charge in [-0.2, -0.15) is 0 Å². The van der Waals surface area contributed by atoms with Crippen molar-refractivity contribution in [2.24, 2.45) is 11.1 Å². The molecule has 0 aromatic carbocycles. The molecule has 0 aliphatic carbocycles. The Kier molecular flexibility index (Phi) is 5.47. The molecule has 2 aliphatic rings. The van der Waals surface area contributed by atoms with E-state index in [1.165, 1.54) is 24.8 Å². The van der Waals surface area contributed by atoms with E-state index in [0.717, 1.165) is 45.1 Å². The first-order valence-electron chi connectivity index (χ1n) is 7.81. The zero-order valence-electron chi connectivity index (χ0n) is 12.9. The lowest BCUT2D eigenvalue weighted by Gasteiger charge is -2.22. The fourth-order valence-electron chi connectivity index (χ4n) is 3.33. The predicted octanol–water partition coefficient (Wildman–Crippen LogP) is 2.27. The first-order valence-corrected chi connectivity index (χ1v) is 7.81. The maximum atomic E-state index is 5.87. The van der Waals surface area contributed by atoms with Crippen molar-refractivity contribution in [3.05, 3.63) is 23.9 Å². The minimum Gasteiger partial charge on any atom is -0.357 e. The van der Waals surface area contributed by atoms with Gasteiger partial charge in [0.05, 0.1) is 0 Å². The molecule has 1 aromatic rings. The normalized spacial score (nSPS) is 26.1. The molecule has 1 atom stereocenters. The van der Waals surface area contributed by atoms with Gasteiger partial charge >= 0.3 is 0 Å². The van der Waals surface area contributed by atoms with Crippen LogP contribution < -0.4 is 10.6 Å². The van der Waals surface area contributed by atoms with Crippen LogP contribution in [0.2, 0.25) is 0 Å². The molecule has 118 valence electrons. The standard InChI is InChI=1S/C16H26N4.ClH/c1-16(12-17)6-9-19(13-16)11-14-4-5-15(18-10-14)20-7-2-3-8-20;/h4-5,10H,2-3,6-9,11-13,17H2,1H3;1H. The summed E-state index contributed by atoms with van der Waals surface area (Å²) in [4.78, 5) is 9.51. The average molecular weight is 311 g/mol. The molecule has 4 nitrogen and oxygen atoms in total. The molecular weight excluding hydrogens is 284 g/mol. The van der Waals surface area contributed by atoms with Crippen LogP contribution >= 0.6 is 12.4 Å². The number of hydrogen-bond donors (Lipinski definition) is 1. The Morgan fingerprint density at radius 2 is 2.00 bits per heavy atom. The van der Waals surface area contributed by atoms with Gasteiger partial charge in [-0.05, 0) is 49.4 Å². The Morgan fingerprint density at radius 1 is 1.24 bits per heavy atom. The van der Waals surface area contributed by atoms with Crippen molar-refractivity contribution >= 4 is 18.2 Å². The second-order valence-corrected chi connectivity index (χ2v) is 6.69. The van der Waals surface area contributed by atoms with E-state index in [4.69, 9.17) is 5.73 Å². The molecule has 2 N–H and O–H groups in total. The van der Waals surface area contributed by atoms with Crippen LogP contribution in [0.15, 0.2) is 18.3 Å². The van der Waals surface area contributed by atoms with Crippen molar-refractivity contribution in [2.45, 2.75) is 32.7 Å². The number of halogens is 1. The lowest BCUT2D eigenvalue weighted by molar-refractivity contribution is 0.274. The van der Waals surface area contributed by atoms with Crippen molar-refractivity contribution in [3.63, 3.8) is 0 Å². The SMILES string of the molecule is CC1(CN)CCN(Cc2ccc(N3CCCC3)nc2)C1.Cl. The van der Waals surface area contributed by atoms with Gasteiger partial charge in [-0.25, -0.2) is 4.98 Å². The summed E-state index contributed by atoms with van der Waals surface area (Å²) >= 11 is 0. The zero-order valence-corrected chi connectivity index (χ0v) is 13.7. The number of pyridine rings is 1. The molecule has 0 amide bonds. The molecular formula is C16H27ClN4. The summed E-state index contributed by atoms with van der Waals surface area (Å²) in [6, 6.07) is 4.41. The largest absolute Gasteiger partial charge is 0.357 e. The van der Waals surface area contributed by atoms with Crippen molar-refractivity contribution in [2.75, 3.05) is 37.6 Å². The van der Waals surface area contributed by atoms with Crippen LogP contribution in [0.5, 0.6) is 0 Å². The summed E-state index contributed by atoms with van der Waals surface area (Å²) in [6.45, 7) is 8.67. The fourth-order valence-corrected chi connectivity index (χ4v) is 3.33. The summed E-state index contributed by atoms with van der Waals surface area (Å²) in [5.41, 5.74) is 7.49. The first-order chi connectivity index (χ1) is 9.68. The summed E-state index contributed by atoms with van der Waals surface area (Å²) in [5, 5.41) is 0. The zero-order chi connectivity index (χ0) is 14.0. The monoisotopic (exact) mass is 310 g/mol. The highest BCUT2D eigenvalue weighted by molar-refractivity contribution is 5.85. The number of anilines is 1. The van der Waals surface area contributed by atoms with Crippen LogP contribution in [-0.2, 0) is 6.54 Å². The minimum absolute atomic E-state index is 0. The summed E-state index contributed by atoms with van der Waals surface area (Å²) < 4.78 is 0. The van der Waals surface area contributed by atoms with Crippen LogP contribution in [0.4, 0.5) is 5.82 Å². The molecule has 1 aromatic heterocycles. The minimum atomic E-state index is 0. The van der Waals surface area contributed by atoms with Crippen molar-refractivity contribution in [3.8, 4) is 0 Å². The lowest BCUT2D eigenvalue weighted by Crippen LogP contribution is -2.31. The van der Waals surface area contributed by atoms with Gasteiger partial charge in [0.1, 0.15) is 5.82 Å². The fraction of sp³-hybridized carbons (Fsp3) is 0.688. The van der Waals surface area contributed by atoms with Gasteiger partial charge in [-0.1, -0.05) is 13.0 Å². The number of hydrogen-bond acceptors (Lipinski definition) is 4. The van der Waals surface area contributed by atoms with Crippen molar-refractivity contribution in [1.82, 2.24) is 9.88 Å². The molecule has 3 rings (SSSR count). The molecule has 21 heavy (non-hydrogen) atoms. The van der Waals surface area contributed by atoms with Crippen molar-refractivity contribution in [1.29, 1.82) is 0 Å². The summed E-state index contributed by atoms with van der Waals surface area (Å²) in [6.07, 6.45) is 5.86. The van der Waals surface area contributed by atoms with E-state index < -0.39 is 0 Å². The van der Waals surface area contributed by atoms with Crippen LogP contribution in [-0.4, -0.2) is 42.6 Å². The Labute approximate surface area is 134 Å². The molecule has 0 saturated carbocycles. The van der Waals surface area contributed by atoms with Gasteiger partial charge in [-0.3, -0.25) is 4.90 Å². The lowest BCUT2D eigenvalue weighted by atomic mass is 9.90. The smallest absolute Gasteiger partial charge is 0.128 e. The molecule has 2 aliphatic heterocycles. The highest BCUT2D eigenvalue weighted by Crippen LogP contribution is 2.29. The van der Waals surface area contributed by atoms with Crippen LogP contribution in [0.3, 0.4) is 0 Å². The predicted molar refractivity (Wildman–Crippen MR) is 90.0 cm³/mol. The van der Waals surface area contributed by atoms with E-state index in [-0.39, 0.29) is 12.4 Å². The Morgan fingerprint density at radius 3 is 2.57 bits per heavy atom. The van der Waals surface area contributed by atoms with Gasteiger partial charge in [0.2, 0.25) is 0 Å². The van der Waals surface area contributed by atoms with E-state index in [2.05, 4.69) is 33.8 Å². The maximum absolute atomic E-state index is 5.87. The Hall–Kier alpha value is -0.840. The number of rotatable bonds is 4. The number of nitrogens with two attached hydrogens (primary N) is 1. The Bertz CT molecular complexity index is 444.